The van der Waals surface area contributed by atoms with Gasteiger partial charge in [0.1, 0.15) is 12.1 Å². The molecule has 4 heteroatoms. The molecule has 0 N–H and O–H groups in total. The van der Waals surface area contributed by atoms with Crippen molar-refractivity contribution in [1.29, 1.82) is 10.5 Å². The van der Waals surface area contributed by atoms with Crippen LogP contribution < -0.4 is 0 Å². The third kappa shape index (κ3) is 3.98. The molecular formula is C38H20N2S2. The SMILES string of the molecule is N#Cc1ccc(-c2cc(-c3ccc4sc5ccccc5c4c3)cc(-c3ccc4sc5ccccc5c4c3)c2)cc1C#N. The van der Waals surface area contributed by atoms with Crippen LogP contribution in [0, 0.1) is 22.7 Å². The van der Waals surface area contributed by atoms with E-state index in [4.69, 9.17) is 0 Å². The Labute approximate surface area is 250 Å². The molecule has 2 aromatic heterocycles. The highest BCUT2D eigenvalue weighted by Gasteiger charge is 2.13. The molecule has 0 spiro atoms. The Bertz CT molecular complexity index is 2310. The normalized spacial score (nSPS) is 11.3. The summed E-state index contributed by atoms with van der Waals surface area (Å²) in [5.74, 6) is 0. The minimum absolute atomic E-state index is 0.388. The van der Waals surface area contributed by atoms with Gasteiger partial charge < -0.3 is 0 Å². The Morgan fingerprint density at radius 3 is 1.29 bits per heavy atom. The molecule has 42 heavy (non-hydrogen) atoms. The largest absolute Gasteiger partial charge is 0.192 e. The van der Waals surface area contributed by atoms with Crippen molar-refractivity contribution in [2.75, 3.05) is 0 Å². The summed E-state index contributed by atoms with van der Waals surface area (Å²) in [6, 6.07) is 47.1. The van der Waals surface area contributed by atoms with E-state index in [1.54, 1.807) is 6.07 Å². The summed E-state index contributed by atoms with van der Waals surface area (Å²) in [7, 11) is 0. The molecule has 0 saturated heterocycles. The standard InChI is InChI=1S/C38H20N2S2/c39-21-26-10-9-23(15-30(26)22-40)27-16-28(24-11-13-37-33(19-24)31-5-1-3-7-35(31)41-37)18-29(17-27)25-12-14-38-34(20-25)32-6-2-4-8-36(32)42-38/h1-20H. The lowest BCUT2D eigenvalue weighted by molar-refractivity contribution is 1.43. The Morgan fingerprint density at radius 2 is 0.786 bits per heavy atom. The summed E-state index contributed by atoms with van der Waals surface area (Å²) >= 11 is 3.64. The summed E-state index contributed by atoms with van der Waals surface area (Å²) in [4.78, 5) is 0. The monoisotopic (exact) mass is 568 g/mol. The summed E-state index contributed by atoms with van der Waals surface area (Å²) in [5, 5.41) is 24.3. The lowest BCUT2D eigenvalue weighted by atomic mass is 9.91. The molecule has 0 unspecified atom stereocenters. The highest BCUT2D eigenvalue weighted by molar-refractivity contribution is 7.26. The number of rotatable bonds is 3. The van der Waals surface area contributed by atoms with Crippen LogP contribution in [0.5, 0.6) is 0 Å². The second-order valence-electron chi connectivity index (χ2n) is 10.4. The van der Waals surface area contributed by atoms with Crippen LogP contribution in [0.25, 0.3) is 73.7 Å². The first-order chi connectivity index (χ1) is 20.7. The van der Waals surface area contributed by atoms with Gasteiger partial charge in [0.05, 0.1) is 11.1 Å². The van der Waals surface area contributed by atoms with E-state index < -0.39 is 0 Å². The number of thiophene rings is 2. The Kier molecular flexibility index (Phi) is 5.66. The Hall–Kier alpha value is -5.26. The maximum Gasteiger partial charge on any atom is 0.101 e. The van der Waals surface area contributed by atoms with Gasteiger partial charge in [-0.2, -0.15) is 10.5 Å². The molecule has 8 rings (SSSR count). The minimum Gasteiger partial charge on any atom is -0.192 e. The van der Waals surface area contributed by atoms with E-state index in [9.17, 15) is 10.5 Å². The molecule has 0 aliphatic rings. The summed E-state index contributed by atoms with van der Waals surface area (Å²) < 4.78 is 5.13. The van der Waals surface area contributed by atoms with E-state index in [0.29, 0.717) is 11.1 Å². The molecule has 0 amide bonds. The quantitative estimate of drug-likeness (QED) is 0.213. The smallest absolute Gasteiger partial charge is 0.101 e. The molecule has 2 nitrogen and oxygen atoms in total. The maximum atomic E-state index is 9.72. The van der Waals surface area contributed by atoms with Gasteiger partial charge in [0.25, 0.3) is 0 Å². The molecule has 0 radical (unpaired) electrons. The van der Waals surface area contributed by atoms with Gasteiger partial charge in [0.2, 0.25) is 0 Å². The molecule has 0 aliphatic heterocycles. The molecule has 0 bridgehead atoms. The van der Waals surface area contributed by atoms with Crippen LogP contribution in [0.1, 0.15) is 11.1 Å². The van der Waals surface area contributed by atoms with Gasteiger partial charge in [-0.3, -0.25) is 0 Å². The fourth-order valence-electron chi connectivity index (χ4n) is 5.85. The summed E-state index contributed by atoms with van der Waals surface area (Å²) in [6.45, 7) is 0. The van der Waals surface area contributed by atoms with Gasteiger partial charge in [-0.25, -0.2) is 0 Å². The lowest BCUT2D eigenvalue weighted by Crippen LogP contribution is -1.89. The van der Waals surface area contributed by atoms with Crippen molar-refractivity contribution in [1.82, 2.24) is 0 Å². The van der Waals surface area contributed by atoms with Crippen molar-refractivity contribution >= 4 is 63.0 Å². The average molecular weight is 569 g/mol. The predicted octanol–water partition coefficient (Wildman–Crippen LogP) is 11.2. The van der Waals surface area contributed by atoms with E-state index in [1.165, 1.54) is 40.3 Å². The average Bonchev–Trinajstić information content (AvgIpc) is 3.61. The van der Waals surface area contributed by atoms with Gasteiger partial charge in [0.15, 0.2) is 0 Å². The van der Waals surface area contributed by atoms with Crippen molar-refractivity contribution in [3.8, 4) is 45.5 Å². The number of hydrogen-bond donors (Lipinski definition) is 0. The lowest BCUT2D eigenvalue weighted by Gasteiger charge is -2.12. The molecule has 0 saturated carbocycles. The molecule has 2 heterocycles. The number of benzene rings is 6. The van der Waals surface area contributed by atoms with Crippen molar-refractivity contribution in [2.45, 2.75) is 0 Å². The zero-order valence-corrected chi connectivity index (χ0v) is 23.9. The molecule has 0 atom stereocenters. The van der Waals surface area contributed by atoms with Crippen LogP contribution in [-0.2, 0) is 0 Å². The fourth-order valence-corrected chi connectivity index (χ4v) is 8.03. The number of nitrogens with zero attached hydrogens (tertiary/aromatic N) is 2. The highest BCUT2D eigenvalue weighted by Crippen LogP contribution is 2.40. The van der Waals surface area contributed by atoms with Crippen LogP contribution in [0.3, 0.4) is 0 Å². The molecule has 0 fully saturated rings. The third-order valence-corrected chi connectivity index (χ3v) is 10.3. The Balaban J connectivity index is 1.36. The fraction of sp³-hybridized carbons (Fsp3) is 0. The van der Waals surface area contributed by atoms with E-state index in [0.717, 1.165) is 33.4 Å². The van der Waals surface area contributed by atoms with Crippen molar-refractivity contribution in [3.63, 3.8) is 0 Å². The second-order valence-corrected chi connectivity index (χ2v) is 12.6. The highest BCUT2D eigenvalue weighted by atomic mass is 32.1. The van der Waals surface area contributed by atoms with Gasteiger partial charge in [-0.1, -0.05) is 54.6 Å². The summed E-state index contributed by atoms with van der Waals surface area (Å²) in [5.41, 5.74) is 7.21. The maximum absolute atomic E-state index is 9.72. The molecule has 8 aromatic rings. The van der Waals surface area contributed by atoms with Crippen LogP contribution in [0.15, 0.2) is 121 Å². The minimum atomic E-state index is 0.388. The van der Waals surface area contributed by atoms with Gasteiger partial charge in [-0.15, -0.1) is 22.7 Å². The van der Waals surface area contributed by atoms with E-state index in [-0.39, 0.29) is 0 Å². The molecule has 6 aromatic carbocycles. The zero-order chi connectivity index (χ0) is 28.2. The Morgan fingerprint density at radius 1 is 0.357 bits per heavy atom. The van der Waals surface area contributed by atoms with Gasteiger partial charge in [0, 0.05) is 40.3 Å². The zero-order valence-electron chi connectivity index (χ0n) is 22.3. The molecular weight excluding hydrogens is 549 g/mol. The van der Waals surface area contributed by atoms with Crippen LogP contribution in [-0.4, -0.2) is 0 Å². The number of fused-ring (bicyclic) bond motifs is 6. The first-order valence-corrected chi connectivity index (χ1v) is 15.2. The molecule has 0 aliphatic carbocycles. The van der Waals surface area contributed by atoms with E-state index in [2.05, 4.69) is 115 Å². The molecule has 194 valence electrons. The first-order valence-electron chi connectivity index (χ1n) is 13.6. The third-order valence-electron chi connectivity index (χ3n) is 7.95. The second kappa shape index (κ2) is 9.68. The van der Waals surface area contributed by atoms with Crippen LogP contribution in [0.4, 0.5) is 0 Å². The number of nitriles is 2. The number of hydrogen-bond acceptors (Lipinski definition) is 4. The van der Waals surface area contributed by atoms with Gasteiger partial charge >= 0.3 is 0 Å². The van der Waals surface area contributed by atoms with Crippen LogP contribution >= 0.6 is 22.7 Å². The van der Waals surface area contributed by atoms with Crippen LogP contribution in [0.2, 0.25) is 0 Å². The summed E-state index contributed by atoms with van der Waals surface area (Å²) in [6.07, 6.45) is 0. The topological polar surface area (TPSA) is 47.6 Å². The van der Waals surface area contributed by atoms with E-state index >= 15 is 0 Å². The van der Waals surface area contributed by atoms with Gasteiger partial charge in [-0.05, 0) is 100 Å². The predicted molar refractivity (Wildman–Crippen MR) is 178 cm³/mol. The van der Waals surface area contributed by atoms with Crippen molar-refractivity contribution in [2.24, 2.45) is 0 Å². The first kappa shape index (κ1) is 24.5. The van der Waals surface area contributed by atoms with Crippen molar-refractivity contribution in [3.05, 3.63) is 132 Å². The van der Waals surface area contributed by atoms with Crippen molar-refractivity contribution < 1.29 is 0 Å². The van der Waals surface area contributed by atoms with E-state index in [1.807, 2.05) is 34.8 Å².